The summed E-state index contributed by atoms with van der Waals surface area (Å²) in [5.74, 6) is 1.51. The van der Waals surface area contributed by atoms with E-state index in [4.69, 9.17) is 14.2 Å². The number of aliphatic imine (C=N–C) groups is 1. The van der Waals surface area contributed by atoms with E-state index in [9.17, 15) is 0 Å². The summed E-state index contributed by atoms with van der Waals surface area (Å²) in [6.45, 7) is 6.19. The number of hydrogen-bond acceptors (Lipinski definition) is 5. The van der Waals surface area contributed by atoms with Gasteiger partial charge in [0, 0.05) is 38.6 Å². The maximum atomic E-state index is 6.10. The highest BCUT2D eigenvalue weighted by Crippen LogP contribution is 2.25. The number of hydrogen-bond donors (Lipinski definition) is 2. The maximum absolute atomic E-state index is 6.10. The van der Waals surface area contributed by atoms with E-state index in [0.29, 0.717) is 32.5 Å². The Balaban J connectivity index is 0.00000392. The van der Waals surface area contributed by atoms with Crippen molar-refractivity contribution in [3.05, 3.63) is 23.9 Å². The van der Waals surface area contributed by atoms with Crippen molar-refractivity contribution in [2.75, 3.05) is 40.0 Å². The quantitative estimate of drug-likeness (QED) is 0.196. The SMILES string of the molecule is CCNC(=NCc1cccnc1OC1CCCC1)NCCCOCCOC.I. The minimum atomic E-state index is 0. The van der Waals surface area contributed by atoms with Crippen LogP contribution in [-0.4, -0.2) is 57.1 Å². The molecule has 1 aliphatic rings. The maximum Gasteiger partial charge on any atom is 0.218 e. The van der Waals surface area contributed by atoms with E-state index in [2.05, 4.69) is 27.5 Å². The molecule has 160 valence electrons. The Labute approximate surface area is 186 Å². The predicted molar refractivity (Wildman–Crippen MR) is 123 cm³/mol. The second kappa shape index (κ2) is 15.8. The molecule has 28 heavy (non-hydrogen) atoms. The molecule has 1 aliphatic carbocycles. The number of ether oxygens (including phenoxy) is 3. The minimum Gasteiger partial charge on any atom is -0.474 e. The highest BCUT2D eigenvalue weighted by atomic mass is 127. The Morgan fingerprint density at radius 2 is 2.04 bits per heavy atom. The summed E-state index contributed by atoms with van der Waals surface area (Å²) in [4.78, 5) is 9.10. The van der Waals surface area contributed by atoms with Crippen LogP contribution in [0.4, 0.5) is 0 Å². The number of rotatable bonds is 12. The molecule has 7 nitrogen and oxygen atoms in total. The van der Waals surface area contributed by atoms with E-state index in [1.54, 1.807) is 13.3 Å². The van der Waals surface area contributed by atoms with Crippen molar-refractivity contribution < 1.29 is 14.2 Å². The normalized spacial score (nSPS) is 14.6. The summed E-state index contributed by atoms with van der Waals surface area (Å²) < 4.78 is 16.5. The fourth-order valence-corrected chi connectivity index (χ4v) is 2.95. The molecule has 0 amide bonds. The first-order chi connectivity index (χ1) is 13.3. The highest BCUT2D eigenvalue weighted by molar-refractivity contribution is 14.0. The van der Waals surface area contributed by atoms with Gasteiger partial charge in [0.1, 0.15) is 6.10 Å². The van der Waals surface area contributed by atoms with Gasteiger partial charge in [-0.3, -0.25) is 0 Å². The fourth-order valence-electron chi connectivity index (χ4n) is 2.95. The first-order valence-electron chi connectivity index (χ1n) is 10.0. The molecule has 2 N–H and O–H groups in total. The summed E-state index contributed by atoms with van der Waals surface area (Å²) in [6, 6.07) is 3.97. The van der Waals surface area contributed by atoms with Gasteiger partial charge in [-0.25, -0.2) is 9.98 Å². The van der Waals surface area contributed by atoms with Gasteiger partial charge in [-0.2, -0.15) is 0 Å². The van der Waals surface area contributed by atoms with Gasteiger partial charge in [0.2, 0.25) is 5.88 Å². The molecule has 0 saturated heterocycles. The third-order valence-electron chi connectivity index (χ3n) is 4.37. The second-order valence-corrected chi connectivity index (χ2v) is 6.57. The number of pyridine rings is 1. The molecular weight excluding hydrogens is 471 g/mol. The molecule has 1 saturated carbocycles. The average Bonchev–Trinajstić information content (AvgIpc) is 3.19. The van der Waals surface area contributed by atoms with Crippen LogP contribution in [0.1, 0.15) is 44.6 Å². The molecule has 1 aromatic heterocycles. The van der Waals surface area contributed by atoms with Gasteiger partial charge in [-0.1, -0.05) is 6.07 Å². The van der Waals surface area contributed by atoms with Crippen LogP contribution in [0.25, 0.3) is 0 Å². The molecule has 0 atom stereocenters. The first-order valence-corrected chi connectivity index (χ1v) is 10.0. The minimum absolute atomic E-state index is 0. The molecule has 2 rings (SSSR count). The molecule has 0 bridgehead atoms. The van der Waals surface area contributed by atoms with Crippen LogP contribution in [0.3, 0.4) is 0 Å². The molecule has 0 radical (unpaired) electrons. The van der Waals surface area contributed by atoms with Crippen molar-refractivity contribution in [2.24, 2.45) is 4.99 Å². The van der Waals surface area contributed by atoms with Gasteiger partial charge >= 0.3 is 0 Å². The number of nitrogens with zero attached hydrogens (tertiary/aromatic N) is 2. The van der Waals surface area contributed by atoms with Crippen LogP contribution in [0, 0.1) is 0 Å². The van der Waals surface area contributed by atoms with E-state index in [1.165, 1.54) is 12.8 Å². The number of nitrogens with one attached hydrogen (secondary N) is 2. The molecular formula is C20H35IN4O3. The van der Waals surface area contributed by atoms with Crippen LogP contribution in [-0.2, 0) is 16.0 Å². The lowest BCUT2D eigenvalue weighted by atomic mass is 10.2. The summed E-state index contributed by atoms with van der Waals surface area (Å²) in [6.07, 6.45) is 7.73. The summed E-state index contributed by atoms with van der Waals surface area (Å²) in [5, 5.41) is 6.61. The Morgan fingerprint density at radius 3 is 2.79 bits per heavy atom. The average molecular weight is 506 g/mol. The fraction of sp³-hybridized carbons (Fsp3) is 0.700. The second-order valence-electron chi connectivity index (χ2n) is 6.57. The van der Waals surface area contributed by atoms with Crippen molar-refractivity contribution in [1.29, 1.82) is 0 Å². The molecule has 1 fully saturated rings. The molecule has 0 unspecified atom stereocenters. The van der Waals surface area contributed by atoms with E-state index in [1.807, 2.05) is 12.1 Å². The Hall–Kier alpha value is -1.13. The standard InChI is InChI=1S/C20H34N4O3.HI/c1-3-21-20(23-12-7-13-26-15-14-25-2)24-16-17-8-6-11-22-19(17)27-18-9-4-5-10-18;/h6,8,11,18H,3-5,7,9-10,12-16H2,1-2H3,(H2,21,23,24);1H. The van der Waals surface area contributed by atoms with Gasteiger partial charge in [0.15, 0.2) is 5.96 Å². The number of methoxy groups -OCH3 is 1. The Kier molecular flexibility index (Phi) is 14.0. The molecule has 1 heterocycles. The zero-order valence-corrected chi connectivity index (χ0v) is 19.4. The monoisotopic (exact) mass is 506 g/mol. The predicted octanol–water partition coefficient (Wildman–Crippen LogP) is 3.13. The van der Waals surface area contributed by atoms with Crippen LogP contribution in [0.15, 0.2) is 23.3 Å². The molecule has 0 aliphatic heterocycles. The van der Waals surface area contributed by atoms with Crippen LogP contribution < -0.4 is 15.4 Å². The largest absolute Gasteiger partial charge is 0.474 e. The Morgan fingerprint density at radius 1 is 1.21 bits per heavy atom. The summed E-state index contributed by atoms with van der Waals surface area (Å²) in [7, 11) is 1.68. The first kappa shape index (κ1) is 24.9. The highest BCUT2D eigenvalue weighted by Gasteiger charge is 2.18. The van der Waals surface area contributed by atoms with Crippen molar-refractivity contribution in [2.45, 2.75) is 51.7 Å². The molecule has 0 aromatic carbocycles. The zero-order chi connectivity index (χ0) is 19.2. The van der Waals surface area contributed by atoms with Gasteiger partial charge < -0.3 is 24.8 Å². The molecule has 8 heteroatoms. The van der Waals surface area contributed by atoms with Crippen molar-refractivity contribution in [3.63, 3.8) is 0 Å². The summed E-state index contributed by atoms with van der Waals surface area (Å²) >= 11 is 0. The van der Waals surface area contributed by atoms with Gasteiger partial charge in [-0.05, 0) is 45.1 Å². The molecule has 0 spiro atoms. The lowest BCUT2D eigenvalue weighted by Gasteiger charge is -2.15. The van der Waals surface area contributed by atoms with E-state index < -0.39 is 0 Å². The molecule has 1 aromatic rings. The lowest BCUT2D eigenvalue weighted by molar-refractivity contribution is 0.0698. The topological polar surface area (TPSA) is 77.0 Å². The van der Waals surface area contributed by atoms with E-state index in [-0.39, 0.29) is 24.0 Å². The third kappa shape index (κ3) is 9.88. The van der Waals surface area contributed by atoms with Crippen LogP contribution >= 0.6 is 24.0 Å². The zero-order valence-electron chi connectivity index (χ0n) is 17.1. The smallest absolute Gasteiger partial charge is 0.218 e. The summed E-state index contributed by atoms with van der Waals surface area (Å²) in [5.41, 5.74) is 1.02. The van der Waals surface area contributed by atoms with Crippen molar-refractivity contribution in [3.8, 4) is 5.88 Å². The number of halogens is 1. The number of guanidine groups is 1. The Bertz CT molecular complexity index is 554. The van der Waals surface area contributed by atoms with E-state index in [0.717, 1.165) is 49.8 Å². The number of aromatic nitrogens is 1. The van der Waals surface area contributed by atoms with Crippen LogP contribution in [0.2, 0.25) is 0 Å². The van der Waals surface area contributed by atoms with Crippen molar-refractivity contribution in [1.82, 2.24) is 15.6 Å². The van der Waals surface area contributed by atoms with Crippen molar-refractivity contribution >= 4 is 29.9 Å². The third-order valence-corrected chi connectivity index (χ3v) is 4.37. The van der Waals surface area contributed by atoms with Gasteiger partial charge in [0.25, 0.3) is 0 Å². The van der Waals surface area contributed by atoms with Gasteiger partial charge in [-0.15, -0.1) is 24.0 Å². The van der Waals surface area contributed by atoms with Crippen LogP contribution in [0.5, 0.6) is 5.88 Å². The lowest BCUT2D eigenvalue weighted by Crippen LogP contribution is -2.38. The van der Waals surface area contributed by atoms with Gasteiger partial charge in [0.05, 0.1) is 19.8 Å². The van der Waals surface area contributed by atoms with E-state index >= 15 is 0 Å².